The van der Waals surface area contributed by atoms with Crippen molar-refractivity contribution in [2.24, 2.45) is 5.92 Å². The number of benzene rings is 1. The van der Waals surface area contributed by atoms with Gasteiger partial charge in [-0.1, -0.05) is 18.2 Å². The summed E-state index contributed by atoms with van der Waals surface area (Å²) < 4.78 is 5.76. The summed E-state index contributed by atoms with van der Waals surface area (Å²) in [4.78, 5) is 18.3. The number of aliphatic hydroxyl groups is 1. The van der Waals surface area contributed by atoms with Crippen LogP contribution in [0, 0.1) is 12.8 Å². The molecule has 0 bridgehead atoms. The molecule has 4 rings (SSSR count). The second-order valence-corrected chi connectivity index (χ2v) is 8.77. The highest BCUT2D eigenvalue weighted by atomic mass is 16.3. The van der Waals surface area contributed by atoms with Crippen molar-refractivity contribution >= 4 is 6.03 Å². The summed E-state index contributed by atoms with van der Waals surface area (Å²) in [5.41, 5.74) is 1.68. The fourth-order valence-corrected chi connectivity index (χ4v) is 4.64. The molecule has 3 heterocycles. The zero-order chi connectivity index (χ0) is 20.6. The predicted octanol–water partition coefficient (Wildman–Crippen LogP) is 3.20. The van der Waals surface area contributed by atoms with E-state index in [0.717, 1.165) is 43.1 Å². The molecule has 6 nitrogen and oxygen atoms in total. The number of carbonyl (C=O) groups is 1. The van der Waals surface area contributed by atoms with Crippen LogP contribution >= 0.6 is 0 Å². The standard InChI is InChI=1S/C23H31N3O3/c1-17-7-8-21(29-17)19-6-4-5-18(13-19)14-25-11-9-23(28)10-12-26(16-20(23)15-25)22(27)24(2)3/h4-8,13,20,28H,9-12,14-16H2,1-3H3/t20-,23-/m1/s1. The van der Waals surface area contributed by atoms with Crippen LogP contribution in [0.1, 0.15) is 24.2 Å². The van der Waals surface area contributed by atoms with E-state index in [9.17, 15) is 9.90 Å². The number of rotatable bonds is 3. The Labute approximate surface area is 172 Å². The van der Waals surface area contributed by atoms with Gasteiger partial charge in [0.25, 0.3) is 0 Å². The molecule has 156 valence electrons. The van der Waals surface area contributed by atoms with Crippen LogP contribution in [0.4, 0.5) is 4.79 Å². The van der Waals surface area contributed by atoms with E-state index in [-0.39, 0.29) is 11.9 Å². The van der Waals surface area contributed by atoms with Crippen LogP contribution in [0.15, 0.2) is 40.8 Å². The summed E-state index contributed by atoms with van der Waals surface area (Å²) >= 11 is 0. The van der Waals surface area contributed by atoms with E-state index in [1.807, 2.05) is 24.0 Å². The number of furan rings is 1. The zero-order valence-corrected chi connectivity index (χ0v) is 17.6. The first-order chi connectivity index (χ1) is 13.8. The van der Waals surface area contributed by atoms with Gasteiger partial charge in [0.2, 0.25) is 0 Å². The van der Waals surface area contributed by atoms with E-state index >= 15 is 0 Å². The summed E-state index contributed by atoms with van der Waals surface area (Å²) in [6.07, 6.45) is 1.43. The molecule has 0 unspecified atom stereocenters. The number of amides is 2. The topological polar surface area (TPSA) is 60.2 Å². The maximum Gasteiger partial charge on any atom is 0.319 e. The summed E-state index contributed by atoms with van der Waals surface area (Å²) in [5.74, 6) is 1.89. The fraction of sp³-hybridized carbons (Fsp3) is 0.522. The summed E-state index contributed by atoms with van der Waals surface area (Å²) in [6, 6.07) is 12.5. The molecule has 0 radical (unpaired) electrons. The third-order valence-electron chi connectivity index (χ3n) is 6.37. The molecule has 2 aliphatic heterocycles. The van der Waals surface area contributed by atoms with Crippen molar-refractivity contribution in [1.82, 2.24) is 14.7 Å². The molecule has 0 spiro atoms. The Morgan fingerprint density at radius 2 is 2.00 bits per heavy atom. The van der Waals surface area contributed by atoms with E-state index in [2.05, 4.69) is 29.2 Å². The molecule has 2 aromatic rings. The average molecular weight is 398 g/mol. The maximum atomic E-state index is 12.4. The van der Waals surface area contributed by atoms with Crippen LogP contribution in [0.3, 0.4) is 0 Å². The third kappa shape index (κ3) is 4.19. The van der Waals surface area contributed by atoms with Gasteiger partial charge in [-0.3, -0.25) is 4.90 Å². The number of carbonyl (C=O) groups excluding carboxylic acids is 1. The number of nitrogens with zero attached hydrogens (tertiary/aromatic N) is 3. The molecular weight excluding hydrogens is 366 g/mol. The molecule has 2 aliphatic rings. The zero-order valence-electron chi connectivity index (χ0n) is 17.6. The molecular formula is C23H31N3O3. The molecule has 1 aromatic carbocycles. The fourth-order valence-electron chi connectivity index (χ4n) is 4.64. The van der Waals surface area contributed by atoms with Gasteiger partial charge in [0.1, 0.15) is 11.5 Å². The van der Waals surface area contributed by atoms with E-state index in [0.29, 0.717) is 19.5 Å². The van der Waals surface area contributed by atoms with Crippen molar-refractivity contribution in [2.75, 3.05) is 40.3 Å². The van der Waals surface area contributed by atoms with Gasteiger partial charge in [0, 0.05) is 58.3 Å². The first-order valence-corrected chi connectivity index (χ1v) is 10.4. The van der Waals surface area contributed by atoms with Crippen LogP contribution in [-0.4, -0.2) is 71.7 Å². The van der Waals surface area contributed by atoms with E-state index in [4.69, 9.17) is 4.42 Å². The second kappa shape index (κ2) is 7.84. The molecule has 1 aromatic heterocycles. The SMILES string of the molecule is Cc1ccc(-c2cccc(CN3CC[C@@]4(O)CCN(C(=O)N(C)C)C[C@H]4C3)c2)o1. The molecule has 0 saturated carbocycles. The van der Waals surface area contributed by atoms with Crippen molar-refractivity contribution in [3.05, 3.63) is 47.7 Å². The Morgan fingerprint density at radius 3 is 2.72 bits per heavy atom. The lowest BCUT2D eigenvalue weighted by molar-refractivity contribution is -0.108. The highest BCUT2D eigenvalue weighted by Crippen LogP contribution is 2.36. The number of piperidine rings is 2. The van der Waals surface area contributed by atoms with Crippen LogP contribution in [0.25, 0.3) is 11.3 Å². The lowest BCUT2D eigenvalue weighted by Gasteiger charge is -2.50. The third-order valence-corrected chi connectivity index (χ3v) is 6.37. The van der Waals surface area contributed by atoms with Gasteiger partial charge in [-0.2, -0.15) is 0 Å². The number of urea groups is 1. The van der Waals surface area contributed by atoms with E-state index < -0.39 is 5.60 Å². The Kier molecular flexibility index (Phi) is 5.40. The quantitative estimate of drug-likeness (QED) is 0.864. The minimum atomic E-state index is -0.646. The number of fused-ring (bicyclic) bond motifs is 1. The van der Waals surface area contributed by atoms with Crippen LogP contribution in [0.2, 0.25) is 0 Å². The molecule has 2 amide bonds. The molecule has 2 fully saturated rings. The maximum absolute atomic E-state index is 12.4. The van der Waals surface area contributed by atoms with Gasteiger partial charge in [-0.15, -0.1) is 0 Å². The van der Waals surface area contributed by atoms with Crippen LogP contribution < -0.4 is 0 Å². The van der Waals surface area contributed by atoms with Crippen molar-refractivity contribution in [3.63, 3.8) is 0 Å². The first-order valence-electron chi connectivity index (χ1n) is 10.4. The molecule has 29 heavy (non-hydrogen) atoms. The van der Waals surface area contributed by atoms with Crippen molar-refractivity contribution < 1.29 is 14.3 Å². The van der Waals surface area contributed by atoms with Gasteiger partial charge < -0.3 is 19.3 Å². The van der Waals surface area contributed by atoms with Gasteiger partial charge in [-0.05, 0) is 43.5 Å². The summed E-state index contributed by atoms with van der Waals surface area (Å²) in [7, 11) is 3.56. The van der Waals surface area contributed by atoms with Gasteiger partial charge in [0.15, 0.2) is 0 Å². The lowest BCUT2D eigenvalue weighted by Crippen LogP contribution is -2.61. The van der Waals surface area contributed by atoms with E-state index in [1.54, 1.807) is 19.0 Å². The highest BCUT2D eigenvalue weighted by molar-refractivity contribution is 5.74. The normalized spacial score (nSPS) is 25.0. The number of hydrogen-bond donors (Lipinski definition) is 1. The minimum absolute atomic E-state index is 0.0330. The van der Waals surface area contributed by atoms with Crippen LogP contribution in [-0.2, 0) is 6.54 Å². The van der Waals surface area contributed by atoms with Crippen LogP contribution in [0.5, 0.6) is 0 Å². The molecule has 2 atom stereocenters. The second-order valence-electron chi connectivity index (χ2n) is 8.77. The van der Waals surface area contributed by atoms with Crippen molar-refractivity contribution in [3.8, 4) is 11.3 Å². The Morgan fingerprint density at radius 1 is 1.21 bits per heavy atom. The van der Waals surface area contributed by atoms with Gasteiger partial charge >= 0.3 is 6.03 Å². The Balaban J connectivity index is 1.44. The molecule has 6 heteroatoms. The molecule has 2 saturated heterocycles. The number of likely N-dealkylation sites (tertiary alicyclic amines) is 2. The van der Waals surface area contributed by atoms with Gasteiger partial charge in [0.05, 0.1) is 5.60 Å². The van der Waals surface area contributed by atoms with Crippen molar-refractivity contribution in [1.29, 1.82) is 0 Å². The largest absolute Gasteiger partial charge is 0.461 e. The summed E-state index contributed by atoms with van der Waals surface area (Å²) in [5, 5.41) is 11.1. The number of aryl methyl sites for hydroxylation is 1. The Hall–Kier alpha value is -2.31. The van der Waals surface area contributed by atoms with E-state index in [1.165, 1.54) is 5.56 Å². The molecule has 0 aliphatic carbocycles. The predicted molar refractivity (Wildman–Crippen MR) is 112 cm³/mol. The smallest absolute Gasteiger partial charge is 0.319 e. The van der Waals surface area contributed by atoms with Crippen molar-refractivity contribution in [2.45, 2.75) is 31.9 Å². The monoisotopic (exact) mass is 397 g/mol. The molecule has 1 N–H and O–H groups in total. The lowest BCUT2D eigenvalue weighted by atomic mass is 9.75. The first kappa shape index (κ1) is 20.0. The Bertz CT molecular complexity index is 878. The summed E-state index contributed by atoms with van der Waals surface area (Å²) in [6.45, 7) is 5.72. The highest BCUT2D eigenvalue weighted by Gasteiger charge is 2.45. The van der Waals surface area contributed by atoms with Gasteiger partial charge in [-0.25, -0.2) is 4.79 Å². The minimum Gasteiger partial charge on any atom is -0.461 e. The number of hydrogen-bond acceptors (Lipinski definition) is 4. The average Bonchev–Trinajstić information content (AvgIpc) is 3.14.